The van der Waals surface area contributed by atoms with Crippen molar-refractivity contribution < 1.29 is 19.0 Å². The SMILES string of the molecule is COc1cc(C2C3=C(CC(C)(C)CC3=O)Nc3nc(SCc4ccccc4)[nH]c(=O)c32)cc(OC)c1OC. The summed E-state index contributed by atoms with van der Waals surface area (Å²) in [4.78, 5) is 35.0. The first-order valence-corrected chi connectivity index (χ1v) is 13.4. The summed E-state index contributed by atoms with van der Waals surface area (Å²) in [5.74, 6) is 1.85. The van der Waals surface area contributed by atoms with Crippen molar-refractivity contribution in [1.29, 1.82) is 0 Å². The van der Waals surface area contributed by atoms with Gasteiger partial charge in [-0.3, -0.25) is 9.59 Å². The number of thioether (sulfide) groups is 1. The highest BCUT2D eigenvalue weighted by Crippen LogP contribution is 2.50. The van der Waals surface area contributed by atoms with Gasteiger partial charge in [0.15, 0.2) is 22.4 Å². The lowest BCUT2D eigenvalue weighted by molar-refractivity contribution is -0.118. The predicted octanol–water partition coefficient (Wildman–Crippen LogP) is 5.29. The van der Waals surface area contributed by atoms with E-state index in [2.05, 4.69) is 24.1 Å². The number of methoxy groups -OCH3 is 3. The predicted molar refractivity (Wildman–Crippen MR) is 147 cm³/mol. The molecule has 2 aromatic carbocycles. The number of carbonyl (C=O) groups excluding carboxylic acids is 1. The van der Waals surface area contributed by atoms with E-state index < -0.39 is 5.92 Å². The number of hydrogen-bond acceptors (Lipinski definition) is 8. The molecule has 0 saturated heterocycles. The van der Waals surface area contributed by atoms with Gasteiger partial charge in [-0.15, -0.1) is 0 Å². The highest BCUT2D eigenvalue weighted by Gasteiger charge is 2.43. The molecule has 0 bridgehead atoms. The summed E-state index contributed by atoms with van der Waals surface area (Å²) in [5, 5.41) is 3.88. The number of rotatable bonds is 7. The summed E-state index contributed by atoms with van der Waals surface area (Å²) < 4.78 is 16.7. The van der Waals surface area contributed by atoms with Crippen LogP contribution in [-0.2, 0) is 10.5 Å². The molecule has 0 saturated carbocycles. The fourth-order valence-electron chi connectivity index (χ4n) is 5.29. The van der Waals surface area contributed by atoms with Gasteiger partial charge in [0.25, 0.3) is 5.56 Å². The number of Topliss-reactive ketones (excluding diaryl/α,β-unsaturated/α-hetero) is 1. The normalized spacial score (nSPS) is 17.8. The van der Waals surface area contributed by atoms with Crippen LogP contribution in [-0.4, -0.2) is 37.1 Å². The van der Waals surface area contributed by atoms with E-state index in [0.717, 1.165) is 11.3 Å². The van der Waals surface area contributed by atoms with E-state index in [9.17, 15) is 9.59 Å². The van der Waals surface area contributed by atoms with Crippen LogP contribution in [0.5, 0.6) is 17.2 Å². The minimum Gasteiger partial charge on any atom is -0.493 e. The number of H-pyrrole nitrogens is 1. The first kappa shape index (κ1) is 25.9. The van der Waals surface area contributed by atoms with Gasteiger partial charge < -0.3 is 24.5 Å². The molecule has 0 amide bonds. The first-order chi connectivity index (χ1) is 18.2. The van der Waals surface area contributed by atoms with Crippen molar-refractivity contribution in [3.8, 4) is 17.2 Å². The van der Waals surface area contributed by atoms with E-state index in [1.54, 1.807) is 26.4 Å². The zero-order valence-corrected chi connectivity index (χ0v) is 23.0. The van der Waals surface area contributed by atoms with Crippen LogP contribution >= 0.6 is 11.8 Å². The van der Waals surface area contributed by atoms with Crippen LogP contribution in [0.2, 0.25) is 0 Å². The Labute approximate surface area is 225 Å². The lowest BCUT2D eigenvalue weighted by Gasteiger charge is -2.38. The van der Waals surface area contributed by atoms with Crippen molar-refractivity contribution in [3.63, 3.8) is 0 Å². The van der Waals surface area contributed by atoms with Gasteiger partial charge in [0, 0.05) is 29.4 Å². The summed E-state index contributed by atoms with van der Waals surface area (Å²) in [6.07, 6.45) is 1.05. The second-order valence-corrected chi connectivity index (χ2v) is 11.2. The quantitative estimate of drug-likeness (QED) is 0.312. The van der Waals surface area contributed by atoms with Gasteiger partial charge in [0.05, 0.1) is 26.9 Å². The number of nitrogens with one attached hydrogen (secondary N) is 2. The molecular weight excluding hydrogens is 502 g/mol. The molecule has 9 heteroatoms. The van der Waals surface area contributed by atoms with Crippen molar-refractivity contribution in [2.75, 3.05) is 26.6 Å². The van der Waals surface area contributed by atoms with Crippen molar-refractivity contribution in [2.45, 2.75) is 43.5 Å². The Balaban J connectivity index is 1.66. The van der Waals surface area contributed by atoms with E-state index in [1.165, 1.54) is 18.9 Å². The molecule has 0 spiro atoms. The Bertz CT molecular complexity index is 1450. The smallest absolute Gasteiger partial charge is 0.257 e. The van der Waals surface area contributed by atoms with Gasteiger partial charge >= 0.3 is 0 Å². The largest absolute Gasteiger partial charge is 0.493 e. The number of carbonyl (C=O) groups is 1. The zero-order chi connectivity index (χ0) is 27.0. The average molecular weight is 534 g/mol. The lowest BCUT2D eigenvalue weighted by Crippen LogP contribution is -2.37. The molecule has 3 aromatic rings. The van der Waals surface area contributed by atoms with Crippen molar-refractivity contribution in [1.82, 2.24) is 9.97 Å². The van der Waals surface area contributed by atoms with Gasteiger partial charge in [-0.2, -0.15) is 0 Å². The third-order valence-corrected chi connectivity index (χ3v) is 7.88. The van der Waals surface area contributed by atoms with Crippen LogP contribution in [0.3, 0.4) is 0 Å². The molecular formula is C29H31N3O5S. The van der Waals surface area contributed by atoms with Crippen molar-refractivity contribution >= 4 is 23.4 Å². The first-order valence-electron chi connectivity index (χ1n) is 12.4. The Morgan fingerprint density at radius 1 is 1.00 bits per heavy atom. The Morgan fingerprint density at radius 2 is 1.68 bits per heavy atom. The maximum Gasteiger partial charge on any atom is 0.257 e. The third kappa shape index (κ3) is 4.78. The van der Waals surface area contributed by atoms with E-state index in [0.29, 0.717) is 63.5 Å². The molecule has 1 unspecified atom stereocenters. The molecule has 38 heavy (non-hydrogen) atoms. The minimum atomic E-state index is -0.636. The number of aromatic amines is 1. The Morgan fingerprint density at radius 3 is 2.32 bits per heavy atom. The van der Waals surface area contributed by atoms with Gasteiger partial charge in [-0.25, -0.2) is 4.98 Å². The number of allylic oxidation sites excluding steroid dienone is 2. The second-order valence-electron chi connectivity index (χ2n) is 10.3. The molecule has 0 radical (unpaired) electrons. The highest BCUT2D eigenvalue weighted by atomic mass is 32.2. The average Bonchev–Trinajstić information content (AvgIpc) is 2.89. The van der Waals surface area contributed by atoms with Crippen LogP contribution in [0.4, 0.5) is 5.82 Å². The number of aromatic nitrogens is 2. The van der Waals surface area contributed by atoms with Crippen LogP contribution < -0.4 is 25.1 Å². The molecule has 1 aromatic heterocycles. The number of benzene rings is 2. The van der Waals surface area contributed by atoms with Gasteiger partial charge in [-0.1, -0.05) is 55.9 Å². The molecule has 2 N–H and O–H groups in total. The zero-order valence-electron chi connectivity index (χ0n) is 22.1. The maximum absolute atomic E-state index is 13.7. The number of ketones is 1. The number of fused-ring (bicyclic) bond motifs is 1. The number of anilines is 1. The molecule has 198 valence electrons. The third-order valence-electron chi connectivity index (χ3n) is 6.94. The van der Waals surface area contributed by atoms with E-state index in [-0.39, 0.29) is 16.8 Å². The topological polar surface area (TPSA) is 103 Å². The van der Waals surface area contributed by atoms with Crippen molar-refractivity contribution in [2.24, 2.45) is 5.41 Å². The summed E-state index contributed by atoms with van der Waals surface area (Å²) >= 11 is 1.46. The molecule has 1 atom stereocenters. The number of ether oxygens (including phenoxy) is 3. The van der Waals surface area contributed by atoms with Crippen LogP contribution in [0.15, 0.2) is 63.7 Å². The highest BCUT2D eigenvalue weighted by molar-refractivity contribution is 7.98. The molecule has 5 rings (SSSR count). The molecule has 1 aliphatic carbocycles. The Kier molecular flexibility index (Phi) is 6.96. The van der Waals surface area contributed by atoms with Crippen LogP contribution in [0, 0.1) is 5.41 Å². The molecule has 1 aliphatic heterocycles. The maximum atomic E-state index is 13.7. The molecule has 2 aliphatic rings. The minimum absolute atomic E-state index is 0.00933. The standard InChI is InChI=1S/C29H31N3O5S/c1-29(2)13-18-23(19(33)14-29)22(17-11-20(35-3)25(37-5)21(12-17)36-4)24-26(30-18)31-28(32-27(24)34)38-15-16-9-7-6-8-10-16/h6-12,22H,13-15H2,1-5H3,(H2,30,31,32,34). The van der Waals surface area contributed by atoms with Crippen LogP contribution in [0.25, 0.3) is 0 Å². The molecule has 8 nitrogen and oxygen atoms in total. The van der Waals surface area contributed by atoms with E-state index >= 15 is 0 Å². The monoisotopic (exact) mass is 533 g/mol. The van der Waals surface area contributed by atoms with Gasteiger partial charge in [0.2, 0.25) is 5.75 Å². The summed E-state index contributed by atoms with van der Waals surface area (Å²) in [6, 6.07) is 13.6. The molecule has 2 heterocycles. The van der Waals surface area contributed by atoms with Crippen LogP contribution in [0.1, 0.15) is 49.3 Å². The summed E-state index contributed by atoms with van der Waals surface area (Å²) in [6.45, 7) is 4.15. The fourth-order valence-corrected chi connectivity index (χ4v) is 6.11. The summed E-state index contributed by atoms with van der Waals surface area (Å²) in [5.41, 5.74) is 3.10. The number of hydrogen-bond donors (Lipinski definition) is 2. The van der Waals surface area contributed by atoms with Gasteiger partial charge in [-0.05, 0) is 35.1 Å². The lowest BCUT2D eigenvalue weighted by atomic mass is 9.69. The molecule has 0 fully saturated rings. The van der Waals surface area contributed by atoms with E-state index in [4.69, 9.17) is 19.2 Å². The van der Waals surface area contributed by atoms with E-state index in [1.807, 2.05) is 30.3 Å². The second kappa shape index (κ2) is 10.2. The fraction of sp³-hybridized carbons (Fsp3) is 0.345. The summed E-state index contributed by atoms with van der Waals surface area (Å²) in [7, 11) is 4.62. The number of nitrogens with zero attached hydrogens (tertiary/aromatic N) is 1. The van der Waals surface area contributed by atoms with Crippen molar-refractivity contribution in [3.05, 3.63) is 80.8 Å². The van der Waals surface area contributed by atoms with Gasteiger partial charge in [0.1, 0.15) is 5.82 Å². The Hall–Kier alpha value is -3.72.